The van der Waals surface area contributed by atoms with Gasteiger partial charge >= 0.3 is 0 Å². The van der Waals surface area contributed by atoms with Gasteiger partial charge in [0.2, 0.25) is 21.6 Å². The maximum Gasteiger partial charge on any atom is 0.243 e. The Kier molecular flexibility index (Phi) is 7.67. The van der Waals surface area contributed by atoms with Gasteiger partial charge in [0.05, 0.1) is 40.7 Å². The largest absolute Gasteiger partial charge is 0.454 e. The molecule has 9 nitrogen and oxygen atoms in total. The van der Waals surface area contributed by atoms with Gasteiger partial charge in [-0.05, 0) is 66.2 Å². The summed E-state index contributed by atoms with van der Waals surface area (Å²) in [5.74, 6) is 1.33. The molecule has 6 rings (SSSR count). The first-order chi connectivity index (χ1) is 19.4. The standard InChI is InChI=1S/C27H22Cl2N4O5S2/c28-19-2-7-23(29)22(14-19)24-16-39-27(33(24)30-15-18-1-8-25-26(13-18)38-17-37-25)31-20-3-5-21(6-4-20)40(34,35)32-9-11-36-12-10-32/h1-8,13-16H,9-12,17H2. The van der Waals surface area contributed by atoms with Crippen molar-refractivity contribution in [2.24, 2.45) is 10.1 Å². The maximum atomic E-state index is 13.0. The Labute approximate surface area is 244 Å². The van der Waals surface area contributed by atoms with E-state index in [0.29, 0.717) is 69.6 Å². The zero-order valence-electron chi connectivity index (χ0n) is 20.9. The van der Waals surface area contributed by atoms with E-state index < -0.39 is 10.0 Å². The van der Waals surface area contributed by atoms with Gasteiger partial charge in [-0.15, -0.1) is 11.3 Å². The summed E-state index contributed by atoms with van der Waals surface area (Å²) in [5.41, 5.74) is 2.76. The van der Waals surface area contributed by atoms with Gasteiger partial charge in [-0.1, -0.05) is 23.2 Å². The Morgan fingerprint density at radius 3 is 2.50 bits per heavy atom. The first-order valence-electron chi connectivity index (χ1n) is 12.2. The van der Waals surface area contributed by atoms with Gasteiger partial charge < -0.3 is 14.2 Å². The van der Waals surface area contributed by atoms with Gasteiger partial charge in [-0.2, -0.15) is 9.41 Å². The fourth-order valence-electron chi connectivity index (χ4n) is 4.23. The minimum atomic E-state index is -3.61. The molecule has 2 aliphatic heterocycles. The summed E-state index contributed by atoms with van der Waals surface area (Å²) in [5, 5.41) is 7.66. The Morgan fingerprint density at radius 2 is 1.70 bits per heavy atom. The molecule has 0 radical (unpaired) electrons. The molecule has 0 bridgehead atoms. The van der Waals surface area contributed by atoms with Gasteiger partial charge in [0.25, 0.3) is 0 Å². The summed E-state index contributed by atoms with van der Waals surface area (Å²) in [7, 11) is -3.61. The topological polar surface area (TPSA) is 94.7 Å². The number of nitrogens with zero attached hydrogens (tertiary/aromatic N) is 4. The van der Waals surface area contributed by atoms with Gasteiger partial charge in [0, 0.05) is 29.1 Å². The monoisotopic (exact) mass is 616 g/mol. The summed E-state index contributed by atoms with van der Waals surface area (Å²) in [6.45, 7) is 1.62. The predicted octanol–water partition coefficient (Wildman–Crippen LogP) is 5.39. The highest BCUT2D eigenvalue weighted by Crippen LogP contribution is 2.33. The van der Waals surface area contributed by atoms with Gasteiger partial charge in [0.1, 0.15) is 0 Å². The van der Waals surface area contributed by atoms with Crippen molar-refractivity contribution in [2.45, 2.75) is 4.90 Å². The zero-order valence-corrected chi connectivity index (χ0v) is 24.0. The lowest BCUT2D eigenvalue weighted by molar-refractivity contribution is 0.0730. The van der Waals surface area contributed by atoms with E-state index in [1.807, 2.05) is 23.6 Å². The van der Waals surface area contributed by atoms with Crippen molar-refractivity contribution >= 4 is 56.5 Å². The Bertz CT molecular complexity index is 1760. The van der Waals surface area contributed by atoms with Crippen LogP contribution in [0.25, 0.3) is 11.3 Å². The molecule has 1 aromatic heterocycles. The number of halogens is 2. The number of fused-ring (bicyclic) bond motifs is 1. The SMILES string of the molecule is O=S(=O)(c1ccc(N=c2scc(-c3cc(Cl)ccc3Cl)n2N=Cc2ccc3c(c2)OCO3)cc1)N1CCOCC1. The van der Waals surface area contributed by atoms with Crippen LogP contribution in [0.5, 0.6) is 11.5 Å². The second kappa shape index (κ2) is 11.4. The summed E-state index contributed by atoms with van der Waals surface area (Å²) in [6.07, 6.45) is 1.69. The van der Waals surface area contributed by atoms with Crippen LogP contribution in [0.1, 0.15) is 5.56 Å². The highest BCUT2D eigenvalue weighted by Gasteiger charge is 2.26. The minimum absolute atomic E-state index is 0.183. The normalized spacial score (nSPS) is 16.2. The molecule has 13 heteroatoms. The van der Waals surface area contributed by atoms with E-state index in [0.717, 1.165) is 5.56 Å². The van der Waals surface area contributed by atoms with Crippen molar-refractivity contribution in [2.75, 3.05) is 33.1 Å². The van der Waals surface area contributed by atoms with Crippen molar-refractivity contribution in [1.82, 2.24) is 8.98 Å². The summed E-state index contributed by atoms with van der Waals surface area (Å²) >= 11 is 14.2. The van der Waals surface area contributed by atoms with E-state index in [2.05, 4.69) is 0 Å². The molecular formula is C27H22Cl2N4O5S2. The predicted molar refractivity (Wildman–Crippen MR) is 155 cm³/mol. The number of morpholine rings is 1. The molecule has 0 spiro atoms. The van der Waals surface area contributed by atoms with E-state index in [9.17, 15) is 8.42 Å². The molecule has 40 heavy (non-hydrogen) atoms. The summed E-state index contributed by atoms with van der Waals surface area (Å²) < 4.78 is 45.3. The van der Waals surface area contributed by atoms with E-state index in [1.165, 1.54) is 15.6 Å². The molecule has 206 valence electrons. The number of rotatable bonds is 6. The molecule has 0 unspecified atom stereocenters. The molecule has 0 amide bonds. The van der Waals surface area contributed by atoms with Crippen LogP contribution in [0.3, 0.4) is 0 Å². The number of ether oxygens (including phenoxy) is 3. The van der Waals surface area contributed by atoms with Crippen LogP contribution < -0.4 is 14.3 Å². The lowest BCUT2D eigenvalue weighted by Gasteiger charge is -2.26. The molecule has 3 heterocycles. The van der Waals surface area contributed by atoms with Crippen LogP contribution >= 0.6 is 34.5 Å². The van der Waals surface area contributed by atoms with Crippen LogP contribution in [-0.4, -0.2) is 56.7 Å². The van der Waals surface area contributed by atoms with E-state index >= 15 is 0 Å². The third-order valence-electron chi connectivity index (χ3n) is 6.28. The van der Waals surface area contributed by atoms with Gasteiger partial charge in [-0.3, -0.25) is 0 Å². The maximum absolute atomic E-state index is 13.0. The number of thiazole rings is 1. The first kappa shape index (κ1) is 27.0. The number of aromatic nitrogens is 1. The third-order valence-corrected chi connectivity index (χ3v) is 9.57. The average molecular weight is 618 g/mol. The highest BCUT2D eigenvalue weighted by molar-refractivity contribution is 7.89. The average Bonchev–Trinajstić information content (AvgIpc) is 3.60. The van der Waals surface area contributed by atoms with Crippen LogP contribution in [0, 0.1) is 0 Å². The summed E-state index contributed by atoms with van der Waals surface area (Å²) in [6, 6.07) is 17.2. The van der Waals surface area contributed by atoms with E-state index in [-0.39, 0.29) is 11.7 Å². The summed E-state index contributed by atoms with van der Waals surface area (Å²) in [4.78, 5) is 5.52. The number of benzene rings is 3. The van der Waals surface area contributed by atoms with Crippen LogP contribution in [-0.2, 0) is 14.8 Å². The van der Waals surface area contributed by atoms with Crippen molar-refractivity contribution in [1.29, 1.82) is 0 Å². The molecule has 0 saturated carbocycles. The molecule has 0 N–H and O–H groups in total. The molecule has 4 aromatic rings. The quantitative estimate of drug-likeness (QED) is 0.271. The third kappa shape index (κ3) is 5.53. The molecular weight excluding hydrogens is 595 g/mol. The first-order valence-corrected chi connectivity index (χ1v) is 15.3. The van der Waals surface area contributed by atoms with Gasteiger partial charge in [-0.25, -0.2) is 18.1 Å². The van der Waals surface area contributed by atoms with Crippen molar-refractivity contribution in [3.63, 3.8) is 0 Å². The fourth-order valence-corrected chi connectivity index (χ4v) is 6.87. The Morgan fingerprint density at radius 1 is 0.925 bits per heavy atom. The second-order valence-corrected chi connectivity index (χ2v) is 12.4. The van der Waals surface area contributed by atoms with E-state index in [1.54, 1.807) is 53.4 Å². The van der Waals surface area contributed by atoms with Crippen molar-refractivity contribution in [3.05, 3.63) is 86.5 Å². The molecule has 1 saturated heterocycles. The number of sulfonamides is 1. The molecule has 3 aromatic carbocycles. The van der Waals surface area contributed by atoms with Crippen LogP contribution in [0.2, 0.25) is 10.0 Å². The molecule has 0 aliphatic carbocycles. The molecule has 0 atom stereocenters. The fraction of sp³-hybridized carbons (Fsp3) is 0.185. The second-order valence-electron chi connectivity index (χ2n) is 8.82. The van der Waals surface area contributed by atoms with Crippen LogP contribution in [0.4, 0.5) is 5.69 Å². The highest BCUT2D eigenvalue weighted by atomic mass is 35.5. The zero-order chi connectivity index (χ0) is 27.7. The van der Waals surface area contributed by atoms with Crippen molar-refractivity contribution < 1.29 is 22.6 Å². The minimum Gasteiger partial charge on any atom is -0.454 e. The lowest BCUT2D eigenvalue weighted by atomic mass is 10.2. The Balaban J connectivity index is 1.38. The molecule has 1 fully saturated rings. The van der Waals surface area contributed by atoms with E-state index in [4.69, 9.17) is 47.5 Å². The lowest BCUT2D eigenvalue weighted by Crippen LogP contribution is -2.40. The Hall–Kier alpha value is -3.19. The van der Waals surface area contributed by atoms with Crippen LogP contribution in [0.15, 0.2) is 81.0 Å². The van der Waals surface area contributed by atoms with Crippen molar-refractivity contribution in [3.8, 4) is 22.8 Å². The number of hydrogen-bond donors (Lipinski definition) is 0. The smallest absolute Gasteiger partial charge is 0.243 e. The number of hydrogen-bond acceptors (Lipinski definition) is 8. The van der Waals surface area contributed by atoms with Gasteiger partial charge in [0.15, 0.2) is 11.5 Å². The molecule has 2 aliphatic rings.